The maximum absolute atomic E-state index is 13.7. The molecule has 0 aliphatic rings. The van der Waals surface area contributed by atoms with E-state index in [9.17, 15) is 26.7 Å². The molecule has 0 amide bonds. The standard InChI is InChI=1S/C29H19F5O3/c1-18(2)29(35)37-17-3-16-36-22-13-10-21(11-14-22)9-6-19-4-7-20(8-5-19)12-15-23-24(30)26(32)28(34)27(33)25(23)31/h4-5,7-8,10-11,13-14H,1,3,16-17H2,2H3. The summed E-state index contributed by atoms with van der Waals surface area (Å²) in [5, 5.41) is 0. The fourth-order valence-corrected chi connectivity index (χ4v) is 2.80. The van der Waals surface area contributed by atoms with Gasteiger partial charge < -0.3 is 9.47 Å². The number of benzene rings is 3. The molecule has 3 aromatic rings. The Morgan fingerprint density at radius 2 is 1.14 bits per heavy atom. The van der Waals surface area contributed by atoms with Crippen molar-refractivity contribution < 1.29 is 36.2 Å². The average Bonchev–Trinajstić information content (AvgIpc) is 2.90. The molecule has 0 radical (unpaired) electrons. The highest BCUT2D eigenvalue weighted by atomic mass is 19.2. The number of ether oxygens (including phenoxy) is 2. The molecule has 3 aromatic carbocycles. The molecule has 0 fully saturated rings. The van der Waals surface area contributed by atoms with Crippen molar-refractivity contribution in [2.75, 3.05) is 13.2 Å². The van der Waals surface area contributed by atoms with Crippen LogP contribution in [-0.4, -0.2) is 19.2 Å². The summed E-state index contributed by atoms with van der Waals surface area (Å²) in [5.41, 5.74) is 0.779. The number of hydrogen-bond acceptors (Lipinski definition) is 3. The number of carbonyl (C=O) groups excluding carboxylic acids is 1. The van der Waals surface area contributed by atoms with Gasteiger partial charge in [0, 0.05) is 28.7 Å². The van der Waals surface area contributed by atoms with E-state index in [2.05, 4.69) is 24.3 Å². The van der Waals surface area contributed by atoms with E-state index in [0.717, 1.165) is 5.56 Å². The Balaban J connectivity index is 1.58. The molecule has 8 heteroatoms. The third-order valence-electron chi connectivity index (χ3n) is 4.77. The van der Waals surface area contributed by atoms with Crippen molar-refractivity contribution in [1.82, 2.24) is 0 Å². The Kier molecular flexibility index (Phi) is 9.07. The molecular formula is C29H19F5O3. The third kappa shape index (κ3) is 7.22. The summed E-state index contributed by atoms with van der Waals surface area (Å²) < 4.78 is 77.7. The second-order valence-electron chi connectivity index (χ2n) is 7.66. The maximum atomic E-state index is 13.7. The first-order chi connectivity index (χ1) is 17.7. The van der Waals surface area contributed by atoms with Crippen LogP contribution in [0.4, 0.5) is 22.0 Å². The van der Waals surface area contributed by atoms with E-state index < -0.39 is 40.6 Å². The van der Waals surface area contributed by atoms with Crippen LogP contribution in [0.1, 0.15) is 35.6 Å². The number of rotatable bonds is 6. The molecule has 3 nitrogen and oxygen atoms in total. The molecule has 0 atom stereocenters. The summed E-state index contributed by atoms with van der Waals surface area (Å²) in [6, 6.07) is 13.3. The van der Waals surface area contributed by atoms with E-state index in [0.29, 0.717) is 35.5 Å². The molecule has 0 bridgehead atoms. The van der Waals surface area contributed by atoms with Crippen molar-refractivity contribution in [1.29, 1.82) is 0 Å². The molecule has 0 aliphatic carbocycles. The van der Waals surface area contributed by atoms with Crippen LogP contribution in [0.25, 0.3) is 0 Å². The summed E-state index contributed by atoms with van der Waals surface area (Å²) >= 11 is 0. The van der Waals surface area contributed by atoms with Gasteiger partial charge in [-0.15, -0.1) is 0 Å². The summed E-state index contributed by atoms with van der Waals surface area (Å²) in [6.45, 7) is 5.68. The summed E-state index contributed by atoms with van der Waals surface area (Å²) in [4.78, 5) is 11.3. The van der Waals surface area contributed by atoms with E-state index in [1.165, 1.54) is 12.1 Å². The summed E-state index contributed by atoms with van der Waals surface area (Å²) in [6.07, 6.45) is 0.530. The number of halogens is 5. The van der Waals surface area contributed by atoms with Crippen LogP contribution in [-0.2, 0) is 9.53 Å². The zero-order valence-electron chi connectivity index (χ0n) is 19.6. The van der Waals surface area contributed by atoms with Crippen molar-refractivity contribution >= 4 is 5.97 Å². The zero-order valence-corrected chi connectivity index (χ0v) is 19.6. The molecule has 37 heavy (non-hydrogen) atoms. The Labute approximate surface area is 210 Å². The molecule has 0 spiro atoms. The van der Waals surface area contributed by atoms with Gasteiger partial charge in [0.25, 0.3) is 0 Å². The largest absolute Gasteiger partial charge is 0.493 e. The van der Waals surface area contributed by atoms with Gasteiger partial charge in [-0.05, 0) is 55.5 Å². The Hall–Kier alpha value is -4.56. The molecule has 0 unspecified atom stereocenters. The van der Waals surface area contributed by atoms with Crippen molar-refractivity contribution in [2.24, 2.45) is 0 Å². The minimum absolute atomic E-state index is 0.233. The number of esters is 1. The molecule has 0 saturated carbocycles. The highest BCUT2D eigenvalue weighted by molar-refractivity contribution is 5.86. The predicted octanol–water partition coefficient (Wildman–Crippen LogP) is 6.07. The monoisotopic (exact) mass is 510 g/mol. The second-order valence-corrected chi connectivity index (χ2v) is 7.66. The molecule has 0 aliphatic heterocycles. The molecule has 0 saturated heterocycles. The first-order valence-corrected chi connectivity index (χ1v) is 10.9. The smallest absolute Gasteiger partial charge is 0.333 e. The Bertz CT molecular complexity index is 1410. The normalized spacial score (nSPS) is 10.0. The molecule has 3 rings (SSSR count). The first kappa shape index (κ1) is 27.0. The van der Waals surface area contributed by atoms with E-state index in [1.54, 1.807) is 43.3 Å². The van der Waals surface area contributed by atoms with Crippen LogP contribution in [0.5, 0.6) is 5.75 Å². The van der Waals surface area contributed by atoms with Gasteiger partial charge >= 0.3 is 5.97 Å². The van der Waals surface area contributed by atoms with Gasteiger partial charge in [0.1, 0.15) is 11.3 Å². The lowest BCUT2D eigenvalue weighted by atomic mass is 10.1. The van der Waals surface area contributed by atoms with Gasteiger partial charge in [-0.1, -0.05) is 30.3 Å². The van der Waals surface area contributed by atoms with Gasteiger partial charge in [0.05, 0.1) is 13.2 Å². The number of hydrogen-bond donors (Lipinski definition) is 0. The van der Waals surface area contributed by atoms with Gasteiger partial charge in [-0.25, -0.2) is 26.7 Å². The van der Waals surface area contributed by atoms with Crippen LogP contribution in [0, 0.1) is 52.8 Å². The van der Waals surface area contributed by atoms with E-state index in [4.69, 9.17) is 9.47 Å². The SMILES string of the molecule is C=C(C)C(=O)OCCCOc1ccc(C#Cc2ccc(C#Cc3c(F)c(F)c(F)c(F)c3F)cc2)cc1. The lowest BCUT2D eigenvalue weighted by Crippen LogP contribution is -2.09. The van der Waals surface area contributed by atoms with E-state index >= 15 is 0 Å². The molecule has 188 valence electrons. The topological polar surface area (TPSA) is 35.5 Å². The lowest BCUT2D eigenvalue weighted by Gasteiger charge is -2.07. The fraction of sp³-hybridized carbons (Fsp3) is 0.138. The third-order valence-corrected chi connectivity index (χ3v) is 4.77. The molecule has 0 N–H and O–H groups in total. The minimum atomic E-state index is -2.23. The average molecular weight is 510 g/mol. The molecular weight excluding hydrogens is 491 g/mol. The van der Waals surface area contributed by atoms with Gasteiger partial charge in [0.15, 0.2) is 23.3 Å². The summed E-state index contributed by atoms with van der Waals surface area (Å²) in [5.74, 6) is 0.213. The van der Waals surface area contributed by atoms with Gasteiger partial charge in [0.2, 0.25) is 5.82 Å². The van der Waals surface area contributed by atoms with Crippen LogP contribution in [0.15, 0.2) is 60.7 Å². The predicted molar refractivity (Wildman–Crippen MR) is 127 cm³/mol. The quantitative estimate of drug-likeness (QED) is 0.0768. The molecule has 0 aromatic heterocycles. The van der Waals surface area contributed by atoms with Crippen molar-refractivity contribution in [3.63, 3.8) is 0 Å². The maximum Gasteiger partial charge on any atom is 0.333 e. The molecule has 0 heterocycles. The second kappa shape index (κ2) is 12.4. The zero-order chi connectivity index (χ0) is 26.9. The van der Waals surface area contributed by atoms with E-state index in [-0.39, 0.29) is 6.61 Å². The minimum Gasteiger partial charge on any atom is -0.493 e. The summed E-state index contributed by atoms with van der Waals surface area (Å²) in [7, 11) is 0. The highest BCUT2D eigenvalue weighted by Crippen LogP contribution is 2.22. The van der Waals surface area contributed by atoms with Crippen molar-refractivity contribution in [3.8, 4) is 29.4 Å². The van der Waals surface area contributed by atoms with Crippen LogP contribution < -0.4 is 4.74 Å². The Morgan fingerprint density at radius 3 is 1.62 bits per heavy atom. The number of carbonyl (C=O) groups is 1. The fourth-order valence-electron chi connectivity index (χ4n) is 2.80. The van der Waals surface area contributed by atoms with Crippen molar-refractivity contribution in [2.45, 2.75) is 13.3 Å². The lowest BCUT2D eigenvalue weighted by molar-refractivity contribution is -0.139. The van der Waals surface area contributed by atoms with Crippen LogP contribution >= 0.6 is 0 Å². The first-order valence-electron chi connectivity index (χ1n) is 10.9. The van der Waals surface area contributed by atoms with Crippen molar-refractivity contribution in [3.05, 3.63) is 112 Å². The van der Waals surface area contributed by atoms with E-state index in [1.807, 2.05) is 5.92 Å². The Morgan fingerprint density at radius 1 is 0.703 bits per heavy atom. The van der Waals surface area contributed by atoms with Gasteiger partial charge in [-0.3, -0.25) is 0 Å². The van der Waals surface area contributed by atoms with Crippen LogP contribution in [0.2, 0.25) is 0 Å². The van der Waals surface area contributed by atoms with Gasteiger partial charge in [-0.2, -0.15) is 0 Å². The highest BCUT2D eigenvalue weighted by Gasteiger charge is 2.24. The van der Waals surface area contributed by atoms with Crippen LogP contribution in [0.3, 0.4) is 0 Å².